The SMILES string of the molecule is CCOCC(O)CNC(=O)c1cc(C)c(CC)n(C)c1=O. The molecule has 1 aromatic rings. The molecule has 0 aliphatic carbocycles. The first-order chi connectivity index (χ1) is 9.92. The molecule has 1 heterocycles. The largest absolute Gasteiger partial charge is 0.389 e. The van der Waals surface area contributed by atoms with E-state index < -0.39 is 12.0 Å². The van der Waals surface area contributed by atoms with Crippen molar-refractivity contribution in [2.75, 3.05) is 19.8 Å². The van der Waals surface area contributed by atoms with Crippen LogP contribution in [-0.2, 0) is 18.2 Å². The number of aliphatic hydroxyl groups excluding tert-OH is 1. The summed E-state index contributed by atoms with van der Waals surface area (Å²) in [7, 11) is 1.66. The van der Waals surface area contributed by atoms with Gasteiger partial charge < -0.3 is 19.7 Å². The molecule has 6 nitrogen and oxygen atoms in total. The van der Waals surface area contributed by atoms with E-state index in [-0.39, 0.29) is 24.3 Å². The monoisotopic (exact) mass is 296 g/mol. The fourth-order valence-corrected chi connectivity index (χ4v) is 2.23. The number of hydrogen-bond acceptors (Lipinski definition) is 4. The summed E-state index contributed by atoms with van der Waals surface area (Å²) in [6, 6.07) is 1.60. The zero-order chi connectivity index (χ0) is 16.0. The van der Waals surface area contributed by atoms with Crippen molar-refractivity contribution in [3.63, 3.8) is 0 Å². The lowest BCUT2D eigenvalue weighted by Gasteiger charge is -2.14. The van der Waals surface area contributed by atoms with Gasteiger partial charge in [0.15, 0.2) is 0 Å². The summed E-state index contributed by atoms with van der Waals surface area (Å²) < 4.78 is 6.56. The molecule has 6 heteroatoms. The van der Waals surface area contributed by atoms with Crippen molar-refractivity contribution in [2.24, 2.45) is 7.05 Å². The number of aliphatic hydroxyl groups is 1. The molecule has 0 saturated carbocycles. The fourth-order valence-electron chi connectivity index (χ4n) is 2.23. The Morgan fingerprint density at radius 1 is 1.48 bits per heavy atom. The average molecular weight is 296 g/mol. The lowest BCUT2D eigenvalue weighted by molar-refractivity contribution is 0.0418. The third kappa shape index (κ3) is 4.41. The number of rotatable bonds is 7. The Labute approximate surface area is 124 Å². The van der Waals surface area contributed by atoms with Gasteiger partial charge in [-0.05, 0) is 31.9 Å². The molecule has 0 saturated heterocycles. The van der Waals surface area contributed by atoms with Crippen LogP contribution in [0.25, 0.3) is 0 Å². The zero-order valence-electron chi connectivity index (χ0n) is 13.1. The maximum Gasteiger partial charge on any atom is 0.263 e. The van der Waals surface area contributed by atoms with Crippen LogP contribution in [0.5, 0.6) is 0 Å². The molecule has 0 aliphatic heterocycles. The molecule has 118 valence electrons. The maximum atomic E-state index is 12.2. The van der Waals surface area contributed by atoms with Gasteiger partial charge in [0.05, 0.1) is 12.7 Å². The Hall–Kier alpha value is -1.66. The van der Waals surface area contributed by atoms with Crippen molar-refractivity contribution in [3.05, 3.63) is 33.2 Å². The lowest BCUT2D eigenvalue weighted by Crippen LogP contribution is -2.38. The van der Waals surface area contributed by atoms with Crippen LogP contribution in [0.3, 0.4) is 0 Å². The van der Waals surface area contributed by atoms with Crippen molar-refractivity contribution < 1.29 is 14.6 Å². The molecule has 0 spiro atoms. The lowest BCUT2D eigenvalue weighted by atomic mass is 10.1. The van der Waals surface area contributed by atoms with Gasteiger partial charge in [0.1, 0.15) is 5.56 Å². The molecule has 1 unspecified atom stereocenters. The first-order valence-electron chi connectivity index (χ1n) is 7.15. The normalized spacial score (nSPS) is 12.2. The van der Waals surface area contributed by atoms with Gasteiger partial charge in [-0.25, -0.2) is 0 Å². The number of carbonyl (C=O) groups excluding carboxylic acids is 1. The minimum Gasteiger partial charge on any atom is -0.389 e. The second kappa shape index (κ2) is 7.95. The van der Waals surface area contributed by atoms with Crippen LogP contribution >= 0.6 is 0 Å². The van der Waals surface area contributed by atoms with Gasteiger partial charge in [0.25, 0.3) is 11.5 Å². The first kappa shape index (κ1) is 17.4. The number of ether oxygens (including phenoxy) is 1. The van der Waals surface area contributed by atoms with Gasteiger partial charge in [-0.15, -0.1) is 0 Å². The molecule has 0 aromatic carbocycles. The van der Waals surface area contributed by atoms with Crippen molar-refractivity contribution in [1.82, 2.24) is 9.88 Å². The maximum absolute atomic E-state index is 12.2. The quantitative estimate of drug-likeness (QED) is 0.762. The zero-order valence-corrected chi connectivity index (χ0v) is 13.1. The summed E-state index contributed by atoms with van der Waals surface area (Å²) in [5, 5.41) is 12.2. The summed E-state index contributed by atoms with van der Waals surface area (Å²) in [6.45, 7) is 6.38. The van der Waals surface area contributed by atoms with Crippen LogP contribution in [0, 0.1) is 6.92 Å². The van der Waals surface area contributed by atoms with E-state index >= 15 is 0 Å². The predicted octanol–water partition coefficient (Wildman–Crippen LogP) is 0.383. The summed E-state index contributed by atoms with van der Waals surface area (Å²) in [6.07, 6.45) is -0.0548. The number of carbonyl (C=O) groups is 1. The van der Waals surface area contributed by atoms with Crippen molar-refractivity contribution in [1.29, 1.82) is 0 Å². The Morgan fingerprint density at radius 3 is 2.71 bits per heavy atom. The Balaban J connectivity index is 2.82. The molecule has 0 fully saturated rings. The van der Waals surface area contributed by atoms with Gasteiger partial charge in [0, 0.05) is 25.9 Å². The minimum atomic E-state index is -0.784. The molecule has 1 aromatic heterocycles. The second-order valence-electron chi connectivity index (χ2n) is 4.93. The van der Waals surface area contributed by atoms with Crippen LogP contribution in [0.2, 0.25) is 0 Å². The van der Waals surface area contributed by atoms with Gasteiger partial charge in [-0.3, -0.25) is 9.59 Å². The standard InChI is InChI=1S/C15H24N2O4/c1-5-13-10(3)7-12(15(20)17(13)4)14(19)16-8-11(18)9-21-6-2/h7,11,18H,5-6,8-9H2,1-4H3,(H,16,19). The average Bonchev–Trinajstić information content (AvgIpc) is 2.46. The molecular weight excluding hydrogens is 272 g/mol. The topological polar surface area (TPSA) is 80.6 Å². The summed E-state index contributed by atoms with van der Waals surface area (Å²) in [5.74, 6) is -0.475. The van der Waals surface area contributed by atoms with E-state index in [1.54, 1.807) is 13.1 Å². The number of nitrogens with one attached hydrogen (secondary N) is 1. The summed E-state index contributed by atoms with van der Waals surface area (Å²) in [4.78, 5) is 24.2. The minimum absolute atomic E-state index is 0.0521. The molecule has 2 N–H and O–H groups in total. The molecule has 0 radical (unpaired) electrons. The Morgan fingerprint density at radius 2 is 2.14 bits per heavy atom. The summed E-state index contributed by atoms with van der Waals surface area (Å²) in [5.41, 5.74) is 1.58. The van der Waals surface area contributed by atoms with E-state index in [9.17, 15) is 14.7 Å². The Bertz CT molecular complexity index is 551. The van der Waals surface area contributed by atoms with E-state index in [4.69, 9.17) is 4.74 Å². The van der Waals surface area contributed by atoms with E-state index in [0.29, 0.717) is 6.61 Å². The molecule has 0 bridgehead atoms. The highest BCUT2D eigenvalue weighted by molar-refractivity contribution is 5.94. The van der Waals surface area contributed by atoms with E-state index in [2.05, 4.69) is 5.32 Å². The number of hydrogen-bond donors (Lipinski definition) is 2. The third-order valence-electron chi connectivity index (χ3n) is 3.35. The third-order valence-corrected chi connectivity index (χ3v) is 3.35. The molecule has 1 atom stereocenters. The van der Waals surface area contributed by atoms with E-state index in [1.807, 2.05) is 20.8 Å². The highest BCUT2D eigenvalue weighted by Gasteiger charge is 2.16. The molecule has 21 heavy (non-hydrogen) atoms. The highest BCUT2D eigenvalue weighted by Crippen LogP contribution is 2.07. The van der Waals surface area contributed by atoms with Gasteiger partial charge in [-0.1, -0.05) is 6.92 Å². The fraction of sp³-hybridized carbons (Fsp3) is 0.600. The van der Waals surface area contributed by atoms with Crippen LogP contribution in [0.1, 0.15) is 35.5 Å². The number of aromatic nitrogens is 1. The number of pyridine rings is 1. The van der Waals surface area contributed by atoms with Gasteiger partial charge in [-0.2, -0.15) is 0 Å². The molecule has 1 rings (SSSR count). The van der Waals surface area contributed by atoms with Crippen molar-refractivity contribution >= 4 is 5.91 Å². The highest BCUT2D eigenvalue weighted by atomic mass is 16.5. The van der Waals surface area contributed by atoms with Gasteiger partial charge >= 0.3 is 0 Å². The first-order valence-corrected chi connectivity index (χ1v) is 7.15. The van der Waals surface area contributed by atoms with Crippen molar-refractivity contribution in [2.45, 2.75) is 33.3 Å². The Kier molecular flexibility index (Phi) is 6.58. The van der Waals surface area contributed by atoms with E-state index in [1.165, 1.54) is 4.57 Å². The molecule has 0 aliphatic rings. The number of amides is 1. The molecule has 1 amide bonds. The van der Waals surface area contributed by atoms with Crippen LogP contribution in [0.15, 0.2) is 10.9 Å². The van der Waals surface area contributed by atoms with Crippen LogP contribution in [0.4, 0.5) is 0 Å². The second-order valence-corrected chi connectivity index (χ2v) is 4.93. The molecular formula is C15H24N2O4. The van der Waals surface area contributed by atoms with Crippen LogP contribution in [-0.4, -0.2) is 41.4 Å². The summed E-state index contributed by atoms with van der Waals surface area (Å²) >= 11 is 0. The van der Waals surface area contributed by atoms with Crippen molar-refractivity contribution in [3.8, 4) is 0 Å². The van der Waals surface area contributed by atoms with Gasteiger partial charge in [0.2, 0.25) is 0 Å². The number of nitrogens with zero attached hydrogens (tertiary/aromatic N) is 1. The number of aryl methyl sites for hydroxylation is 1. The van der Waals surface area contributed by atoms with Crippen LogP contribution < -0.4 is 10.9 Å². The smallest absolute Gasteiger partial charge is 0.263 e. The predicted molar refractivity (Wildman–Crippen MR) is 80.6 cm³/mol. The van der Waals surface area contributed by atoms with E-state index in [0.717, 1.165) is 17.7 Å².